The second kappa shape index (κ2) is 5.09. The number of fused-ring (bicyclic) bond motifs is 1. The van der Waals surface area contributed by atoms with Gasteiger partial charge >= 0.3 is 0 Å². The molecule has 0 saturated heterocycles. The van der Waals surface area contributed by atoms with Gasteiger partial charge in [0.25, 0.3) is 5.91 Å². The third-order valence-electron chi connectivity index (χ3n) is 3.62. The quantitative estimate of drug-likeness (QED) is 0.848. The average Bonchev–Trinajstić information content (AvgIpc) is 2.46. The van der Waals surface area contributed by atoms with Crippen LogP contribution in [0.25, 0.3) is 0 Å². The monoisotopic (exact) mass is 287 g/mol. The number of amides is 1. The number of hydrogen-bond acceptors (Lipinski definition) is 3. The van der Waals surface area contributed by atoms with Crippen molar-refractivity contribution >= 4 is 11.6 Å². The number of rotatable bonds is 1. The number of aromatic hydroxyl groups is 2. The molecule has 0 bridgehead atoms. The third kappa shape index (κ3) is 2.31. The molecule has 1 aliphatic heterocycles. The van der Waals surface area contributed by atoms with Crippen LogP contribution in [-0.4, -0.2) is 22.7 Å². The van der Waals surface area contributed by atoms with Gasteiger partial charge in [-0.15, -0.1) is 0 Å². The zero-order valence-corrected chi connectivity index (χ0v) is 11.2. The van der Waals surface area contributed by atoms with Crippen molar-refractivity contribution in [3.63, 3.8) is 0 Å². The summed E-state index contributed by atoms with van der Waals surface area (Å²) in [5, 5.41) is 19.2. The molecule has 3 rings (SSSR count). The van der Waals surface area contributed by atoms with Crippen molar-refractivity contribution in [1.82, 2.24) is 0 Å². The fourth-order valence-electron chi connectivity index (χ4n) is 2.66. The fourth-order valence-corrected chi connectivity index (χ4v) is 2.66. The van der Waals surface area contributed by atoms with E-state index in [2.05, 4.69) is 0 Å². The van der Waals surface area contributed by atoms with Crippen molar-refractivity contribution in [1.29, 1.82) is 0 Å². The van der Waals surface area contributed by atoms with Gasteiger partial charge in [0, 0.05) is 12.6 Å². The van der Waals surface area contributed by atoms with Gasteiger partial charge in [0.2, 0.25) is 0 Å². The molecule has 0 unspecified atom stereocenters. The maximum absolute atomic E-state index is 13.9. The average molecular weight is 287 g/mol. The lowest BCUT2D eigenvalue weighted by Gasteiger charge is -2.30. The Bertz CT molecular complexity index is 715. The van der Waals surface area contributed by atoms with Crippen molar-refractivity contribution in [3.05, 3.63) is 53.3 Å². The van der Waals surface area contributed by atoms with Crippen LogP contribution in [0.3, 0.4) is 0 Å². The minimum absolute atomic E-state index is 0.0136. The number of nitrogens with zero attached hydrogens (tertiary/aromatic N) is 1. The third-order valence-corrected chi connectivity index (χ3v) is 3.62. The van der Waals surface area contributed by atoms with Crippen molar-refractivity contribution in [3.8, 4) is 11.5 Å². The number of phenols is 2. The van der Waals surface area contributed by atoms with Crippen LogP contribution in [0.2, 0.25) is 0 Å². The summed E-state index contributed by atoms with van der Waals surface area (Å²) in [5.74, 6) is -1.51. The number of halogens is 1. The Morgan fingerprint density at radius 2 is 2.00 bits per heavy atom. The first-order valence-electron chi connectivity index (χ1n) is 6.69. The van der Waals surface area contributed by atoms with Crippen LogP contribution in [0.15, 0.2) is 36.4 Å². The smallest absolute Gasteiger partial charge is 0.261 e. The Balaban J connectivity index is 2.04. The molecule has 5 heteroatoms. The Hall–Kier alpha value is -2.56. The van der Waals surface area contributed by atoms with Crippen LogP contribution in [0.5, 0.6) is 11.5 Å². The van der Waals surface area contributed by atoms with Gasteiger partial charge in [-0.25, -0.2) is 4.39 Å². The van der Waals surface area contributed by atoms with Gasteiger partial charge in [0.1, 0.15) is 17.3 Å². The van der Waals surface area contributed by atoms with Gasteiger partial charge in [-0.1, -0.05) is 12.1 Å². The van der Waals surface area contributed by atoms with Gasteiger partial charge in [-0.3, -0.25) is 4.79 Å². The van der Waals surface area contributed by atoms with Crippen molar-refractivity contribution in [2.24, 2.45) is 0 Å². The topological polar surface area (TPSA) is 60.8 Å². The van der Waals surface area contributed by atoms with Crippen LogP contribution in [0.1, 0.15) is 22.3 Å². The minimum atomic E-state index is -0.775. The van der Waals surface area contributed by atoms with Crippen LogP contribution in [-0.2, 0) is 6.42 Å². The van der Waals surface area contributed by atoms with Gasteiger partial charge in [-0.05, 0) is 36.6 Å². The van der Waals surface area contributed by atoms with Gasteiger partial charge < -0.3 is 15.1 Å². The molecule has 0 aliphatic carbocycles. The minimum Gasteiger partial charge on any atom is -0.508 e. The summed E-state index contributed by atoms with van der Waals surface area (Å²) < 4.78 is 13.9. The number of carbonyl (C=O) groups is 1. The molecule has 108 valence electrons. The SMILES string of the molecule is O=C(c1ccc(O)cc1F)N1CCCc2cccc(O)c21. The highest BCUT2D eigenvalue weighted by Gasteiger charge is 2.27. The lowest BCUT2D eigenvalue weighted by Crippen LogP contribution is -2.36. The number of anilines is 1. The molecule has 0 radical (unpaired) electrons. The number of aryl methyl sites for hydroxylation is 1. The van der Waals surface area contributed by atoms with Crippen molar-refractivity contribution in [2.45, 2.75) is 12.8 Å². The van der Waals surface area contributed by atoms with Crippen LogP contribution in [0.4, 0.5) is 10.1 Å². The molecule has 1 heterocycles. The largest absolute Gasteiger partial charge is 0.508 e. The lowest BCUT2D eigenvalue weighted by molar-refractivity contribution is 0.0980. The number of carbonyl (C=O) groups excluding carboxylic acids is 1. The van der Waals surface area contributed by atoms with Crippen LogP contribution in [0, 0.1) is 5.82 Å². The number of benzene rings is 2. The highest BCUT2D eigenvalue weighted by molar-refractivity contribution is 6.07. The summed E-state index contributed by atoms with van der Waals surface area (Å²) >= 11 is 0. The molecule has 0 saturated carbocycles. The molecule has 2 N–H and O–H groups in total. The van der Waals surface area contributed by atoms with E-state index in [4.69, 9.17) is 0 Å². The Labute approximate surface area is 121 Å². The van der Waals surface area contributed by atoms with Gasteiger partial charge in [0.05, 0.1) is 11.3 Å². The van der Waals surface area contributed by atoms with E-state index in [1.807, 2.05) is 6.07 Å². The van der Waals surface area contributed by atoms with E-state index < -0.39 is 11.7 Å². The fraction of sp³-hybridized carbons (Fsp3) is 0.188. The predicted octanol–water partition coefficient (Wildman–Crippen LogP) is 2.83. The predicted molar refractivity (Wildman–Crippen MR) is 76.2 cm³/mol. The first-order chi connectivity index (χ1) is 10.1. The molecule has 0 fully saturated rings. The Morgan fingerprint density at radius 3 is 2.76 bits per heavy atom. The Kier molecular flexibility index (Phi) is 3.25. The molecule has 1 amide bonds. The van der Waals surface area contributed by atoms with E-state index in [9.17, 15) is 19.4 Å². The molecule has 21 heavy (non-hydrogen) atoms. The maximum Gasteiger partial charge on any atom is 0.261 e. The molecular formula is C16H14FNO3. The second-order valence-electron chi connectivity index (χ2n) is 5.01. The zero-order valence-electron chi connectivity index (χ0n) is 11.2. The van der Waals surface area contributed by atoms with E-state index in [0.29, 0.717) is 12.2 Å². The molecule has 2 aromatic rings. The van der Waals surface area contributed by atoms with E-state index >= 15 is 0 Å². The molecule has 1 aliphatic rings. The van der Waals surface area contributed by atoms with E-state index in [-0.39, 0.29) is 17.1 Å². The van der Waals surface area contributed by atoms with Crippen LogP contribution >= 0.6 is 0 Å². The summed E-state index contributed by atoms with van der Waals surface area (Å²) in [6.45, 7) is 0.420. The molecule has 0 aromatic heterocycles. The van der Waals surface area contributed by atoms with E-state index in [1.54, 1.807) is 6.07 Å². The molecular weight excluding hydrogens is 273 g/mol. The number of hydrogen-bond donors (Lipinski definition) is 2. The van der Waals surface area contributed by atoms with E-state index in [0.717, 1.165) is 24.5 Å². The van der Waals surface area contributed by atoms with Crippen LogP contribution < -0.4 is 4.90 Å². The highest BCUT2D eigenvalue weighted by Crippen LogP contribution is 2.36. The van der Waals surface area contributed by atoms with Gasteiger partial charge in [-0.2, -0.15) is 0 Å². The first-order valence-corrected chi connectivity index (χ1v) is 6.69. The summed E-state index contributed by atoms with van der Waals surface area (Å²) in [4.78, 5) is 13.9. The molecule has 0 spiro atoms. The van der Waals surface area contributed by atoms with E-state index in [1.165, 1.54) is 23.1 Å². The normalized spacial score (nSPS) is 13.9. The number of phenolic OH excluding ortho intramolecular Hbond substituents is 2. The summed E-state index contributed by atoms with van der Waals surface area (Å²) in [6.07, 6.45) is 1.52. The number of para-hydroxylation sites is 1. The van der Waals surface area contributed by atoms with Gasteiger partial charge in [0.15, 0.2) is 0 Å². The first kappa shape index (κ1) is 13.4. The molecule has 2 aromatic carbocycles. The molecule has 4 nitrogen and oxygen atoms in total. The zero-order chi connectivity index (χ0) is 15.0. The lowest BCUT2D eigenvalue weighted by atomic mass is 10.00. The Morgan fingerprint density at radius 1 is 1.19 bits per heavy atom. The summed E-state index contributed by atoms with van der Waals surface area (Å²) in [5.41, 5.74) is 1.19. The molecule has 0 atom stereocenters. The van der Waals surface area contributed by atoms with Crippen molar-refractivity contribution < 1.29 is 19.4 Å². The maximum atomic E-state index is 13.9. The van der Waals surface area contributed by atoms with Crippen molar-refractivity contribution in [2.75, 3.05) is 11.4 Å². The highest BCUT2D eigenvalue weighted by atomic mass is 19.1. The second-order valence-corrected chi connectivity index (χ2v) is 5.01. The summed E-state index contributed by atoms with van der Waals surface area (Å²) in [6, 6.07) is 8.51. The standard InChI is InChI=1S/C16H14FNO3/c17-13-9-11(19)6-7-12(13)16(21)18-8-2-4-10-3-1-5-14(20)15(10)18/h1,3,5-7,9,19-20H,2,4,8H2. The summed E-state index contributed by atoms with van der Waals surface area (Å²) in [7, 11) is 0.